The van der Waals surface area contributed by atoms with Crippen molar-refractivity contribution in [2.45, 2.75) is 238 Å². The second kappa shape index (κ2) is 55.4. The number of phosphoric ester groups is 1. The summed E-state index contributed by atoms with van der Waals surface area (Å²) in [5, 5.41) is 9.82. The average Bonchev–Trinajstić information content (AvgIpc) is 3.39. The molecule has 0 aliphatic carbocycles. The molecule has 0 amide bonds. The van der Waals surface area contributed by atoms with Crippen molar-refractivity contribution in [3.63, 3.8) is 0 Å². The summed E-state index contributed by atoms with van der Waals surface area (Å²) in [7, 11) is -4.77. The Morgan fingerprint density at radius 3 is 1.14 bits per heavy atom. The van der Waals surface area contributed by atoms with E-state index in [1.54, 1.807) is 0 Å². The molecule has 0 aliphatic heterocycles. The van der Waals surface area contributed by atoms with Crippen molar-refractivity contribution < 1.29 is 52.2 Å². The molecule has 0 aromatic carbocycles. The maximum atomic E-state index is 12.9. The maximum absolute atomic E-state index is 12.9. The molecule has 0 rings (SSSR count). The Labute approximate surface area is 450 Å². The van der Waals surface area contributed by atoms with Crippen molar-refractivity contribution in [2.75, 3.05) is 26.4 Å². The third kappa shape index (κ3) is 53.0. The summed E-state index contributed by atoms with van der Waals surface area (Å²) in [4.78, 5) is 48.5. The topological polar surface area (TPSA) is 155 Å². The Hall–Kier alpha value is -3.86. The number of carbonyl (C=O) groups is 3. The summed E-state index contributed by atoms with van der Waals surface area (Å²) in [5.74, 6) is -1.56. The molecule has 0 bridgehead atoms. The molecule has 0 saturated heterocycles. The van der Waals surface area contributed by atoms with Gasteiger partial charge >= 0.3 is 25.7 Å². The molecule has 422 valence electrons. The summed E-state index contributed by atoms with van der Waals surface area (Å²) in [6.07, 6.45) is 66.2. The van der Waals surface area contributed by atoms with Gasteiger partial charge in [-0.3, -0.25) is 23.4 Å². The van der Waals surface area contributed by atoms with Crippen LogP contribution in [0, 0.1) is 0 Å². The third-order valence-corrected chi connectivity index (χ3v) is 12.6. The van der Waals surface area contributed by atoms with E-state index in [0.717, 1.165) is 103 Å². The Kier molecular flexibility index (Phi) is 52.5. The number of aliphatic hydroxyl groups is 1. The fourth-order valence-electron chi connectivity index (χ4n) is 7.38. The number of hydrogen-bond acceptors (Lipinski definition) is 10. The van der Waals surface area contributed by atoms with Crippen LogP contribution in [0.15, 0.2) is 109 Å². The van der Waals surface area contributed by atoms with Crippen LogP contribution in [0.1, 0.15) is 226 Å². The first-order valence-corrected chi connectivity index (χ1v) is 30.3. The van der Waals surface area contributed by atoms with E-state index in [1.165, 1.54) is 57.8 Å². The van der Waals surface area contributed by atoms with Crippen LogP contribution in [0.2, 0.25) is 0 Å². The Morgan fingerprint density at radius 2 is 0.716 bits per heavy atom. The lowest BCUT2D eigenvalue weighted by atomic mass is 10.0. The fraction of sp³-hybridized carbons (Fsp3) is 0.661. The van der Waals surface area contributed by atoms with Crippen molar-refractivity contribution in [3.05, 3.63) is 109 Å². The molecule has 0 aromatic rings. The third-order valence-electron chi connectivity index (χ3n) is 11.7. The quantitative estimate of drug-likeness (QED) is 0.0197. The number of ether oxygens (including phenoxy) is 3. The normalized spacial score (nSPS) is 14.2. The number of rotatable bonds is 52. The number of unbranched alkanes of at least 4 members (excludes halogenated alkanes) is 17. The van der Waals surface area contributed by atoms with E-state index < -0.39 is 57.8 Å². The van der Waals surface area contributed by atoms with Gasteiger partial charge in [-0.15, -0.1) is 0 Å². The van der Waals surface area contributed by atoms with Crippen molar-refractivity contribution in [1.82, 2.24) is 0 Å². The van der Waals surface area contributed by atoms with Gasteiger partial charge in [-0.1, -0.05) is 220 Å². The first-order valence-electron chi connectivity index (χ1n) is 28.8. The lowest BCUT2D eigenvalue weighted by Gasteiger charge is -2.21. The lowest BCUT2D eigenvalue weighted by molar-refractivity contribution is -0.161. The Bertz CT molecular complexity index is 1660. The molecule has 0 fully saturated rings. The largest absolute Gasteiger partial charge is 0.472 e. The number of esters is 3. The van der Waals surface area contributed by atoms with Gasteiger partial charge in [0.25, 0.3) is 0 Å². The number of phosphoric acid groups is 1. The van der Waals surface area contributed by atoms with Gasteiger partial charge in [0.1, 0.15) is 12.7 Å². The van der Waals surface area contributed by atoms with Crippen molar-refractivity contribution >= 4 is 25.7 Å². The van der Waals surface area contributed by atoms with Crippen LogP contribution >= 0.6 is 7.82 Å². The number of hydrogen-bond donors (Lipinski definition) is 2. The average molecular weight is 1060 g/mol. The first-order chi connectivity index (χ1) is 36.2. The van der Waals surface area contributed by atoms with Crippen molar-refractivity contribution in [2.24, 2.45) is 0 Å². The molecule has 0 saturated carbocycles. The second-order valence-electron chi connectivity index (χ2n) is 18.7. The molecule has 11 nitrogen and oxygen atoms in total. The van der Waals surface area contributed by atoms with E-state index >= 15 is 0 Å². The Morgan fingerprint density at radius 1 is 0.392 bits per heavy atom. The highest BCUT2D eigenvalue weighted by Gasteiger charge is 2.28. The molecule has 3 unspecified atom stereocenters. The molecule has 0 spiro atoms. The molecule has 74 heavy (non-hydrogen) atoms. The summed E-state index contributed by atoms with van der Waals surface area (Å²) in [6.45, 7) is 4.32. The highest BCUT2D eigenvalue weighted by atomic mass is 31.2. The van der Waals surface area contributed by atoms with Crippen LogP contribution in [0.3, 0.4) is 0 Å². The van der Waals surface area contributed by atoms with Crippen LogP contribution in [-0.2, 0) is 42.2 Å². The minimum absolute atomic E-state index is 0.0839. The van der Waals surface area contributed by atoms with Crippen LogP contribution in [-0.4, -0.2) is 66.5 Å². The maximum Gasteiger partial charge on any atom is 0.472 e. The lowest BCUT2D eigenvalue weighted by Crippen LogP contribution is -2.30. The summed E-state index contributed by atoms with van der Waals surface area (Å²) in [6, 6.07) is 0. The molecule has 3 atom stereocenters. The van der Waals surface area contributed by atoms with Gasteiger partial charge in [-0.2, -0.15) is 0 Å². The number of carbonyl (C=O) groups excluding carboxylic acids is 3. The molecular formula is C62H103O11P. The standard InChI is InChI=1S/C62H103O11P/c1-4-7-10-13-16-19-22-25-27-29-31-34-37-40-43-46-49-52-61(65)72-58(54-63)56-70-74(67,68)71-57-59(55-69-60(64)51-48-45-42-39-36-33-24-21-18-15-12-9-6-3)73-62(66)53-50-47-44-41-38-35-32-30-28-26-23-20-17-14-11-8-5-2/h7-8,10-11,16-17,19-20,25-28,31-32,34-35,41,44,58-59,63H,4-6,9,12-15,18,21-24,29-30,33,36-40,42-43,45-57H2,1-3H3,(H,67,68)/b10-7-,11-8-,19-16-,20-17-,27-25-,28-26-,34-31-,35-32-,44-41-. The smallest absolute Gasteiger partial charge is 0.462 e. The highest BCUT2D eigenvalue weighted by Crippen LogP contribution is 2.43. The predicted molar refractivity (Wildman–Crippen MR) is 307 cm³/mol. The van der Waals surface area contributed by atoms with E-state index in [0.29, 0.717) is 25.7 Å². The van der Waals surface area contributed by atoms with E-state index in [1.807, 2.05) is 12.2 Å². The molecule has 0 heterocycles. The van der Waals surface area contributed by atoms with Crippen LogP contribution in [0.25, 0.3) is 0 Å². The van der Waals surface area contributed by atoms with Crippen LogP contribution in [0.4, 0.5) is 0 Å². The van der Waals surface area contributed by atoms with Gasteiger partial charge in [0.15, 0.2) is 6.10 Å². The monoisotopic (exact) mass is 1050 g/mol. The second-order valence-corrected chi connectivity index (χ2v) is 20.1. The zero-order valence-electron chi connectivity index (χ0n) is 46.5. The minimum Gasteiger partial charge on any atom is -0.462 e. The van der Waals surface area contributed by atoms with Gasteiger partial charge in [-0.05, 0) is 96.3 Å². The molecular weight excluding hydrogens is 952 g/mol. The van der Waals surface area contributed by atoms with E-state index in [-0.39, 0.29) is 25.9 Å². The van der Waals surface area contributed by atoms with Gasteiger partial charge in [-0.25, -0.2) is 4.57 Å². The summed E-state index contributed by atoms with van der Waals surface area (Å²) >= 11 is 0. The van der Waals surface area contributed by atoms with Gasteiger partial charge < -0.3 is 24.2 Å². The van der Waals surface area contributed by atoms with Crippen molar-refractivity contribution in [3.8, 4) is 0 Å². The van der Waals surface area contributed by atoms with E-state index in [9.17, 15) is 28.9 Å². The van der Waals surface area contributed by atoms with Gasteiger partial charge in [0.05, 0.1) is 19.8 Å². The fourth-order valence-corrected chi connectivity index (χ4v) is 8.17. The number of aliphatic hydroxyl groups excluding tert-OH is 1. The van der Waals surface area contributed by atoms with Crippen molar-refractivity contribution in [1.29, 1.82) is 0 Å². The summed E-state index contributed by atoms with van der Waals surface area (Å²) in [5.41, 5.74) is 0. The van der Waals surface area contributed by atoms with E-state index in [2.05, 4.69) is 118 Å². The predicted octanol–water partition coefficient (Wildman–Crippen LogP) is 17.0. The van der Waals surface area contributed by atoms with Crippen LogP contribution in [0.5, 0.6) is 0 Å². The SMILES string of the molecule is CC/C=C\C/C=C\C/C=C\C/C=C\C/C=C\CCCC(=O)OC(COC(=O)CCCCCCCCCCCCCCC)COP(=O)(O)OCC(CO)OC(=O)CCCCCC/C=C\C/C=C\C/C=C\C/C=C\CC. The molecule has 12 heteroatoms. The molecule has 0 aromatic heterocycles. The zero-order valence-corrected chi connectivity index (χ0v) is 47.4. The minimum atomic E-state index is -4.77. The zero-order chi connectivity index (χ0) is 54.1. The first kappa shape index (κ1) is 70.1. The molecule has 0 radical (unpaired) electrons. The van der Waals surface area contributed by atoms with Gasteiger partial charge in [0, 0.05) is 19.3 Å². The summed E-state index contributed by atoms with van der Waals surface area (Å²) < 4.78 is 39.4. The van der Waals surface area contributed by atoms with Crippen LogP contribution < -0.4 is 0 Å². The Balaban J connectivity index is 4.82. The number of allylic oxidation sites excluding steroid dienone is 18. The van der Waals surface area contributed by atoms with E-state index in [4.69, 9.17) is 23.3 Å². The molecule has 0 aliphatic rings. The molecule has 2 N–H and O–H groups in total. The van der Waals surface area contributed by atoms with Gasteiger partial charge in [0.2, 0.25) is 0 Å². The highest BCUT2D eigenvalue weighted by molar-refractivity contribution is 7.47.